The summed E-state index contributed by atoms with van der Waals surface area (Å²) < 4.78 is 0. The van der Waals surface area contributed by atoms with E-state index in [0.29, 0.717) is 27.5 Å². The Morgan fingerprint density at radius 2 is 1.76 bits per heavy atom. The van der Waals surface area contributed by atoms with E-state index < -0.39 is 0 Å². The molecule has 6 nitrogen and oxygen atoms in total. The van der Waals surface area contributed by atoms with Gasteiger partial charge in [0, 0.05) is 40.4 Å². The largest absolute Gasteiger partial charge is 0.322 e. The van der Waals surface area contributed by atoms with Crippen molar-refractivity contribution < 1.29 is 9.59 Å². The van der Waals surface area contributed by atoms with Crippen molar-refractivity contribution in [3.05, 3.63) is 87.9 Å². The van der Waals surface area contributed by atoms with Crippen LogP contribution in [0.25, 0.3) is 6.08 Å². The number of aromatic nitrogens is 2. The molecule has 0 saturated carbocycles. The molecule has 146 valence electrons. The van der Waals surface area contributed by atoms with E-state index in [-0.39, 0.29) is 16.8 Å². The lowest BCUT2D eigenvalue weighted by atomic mass is 10.1. The fourth-order valence-electron chi connectivity index (χ4n) is 2.45. The van der Waals surface area contributed by atoms with Crippen LogP contribution in [0.4, 0.5) is 11.4 Å². The zero-order valence-corrected chi connectivity index (χ0v) is 16.8. The van der Waals surface area contributed by atoms with Gasteiger partial charge in [-0.05, 0) is 48.9 Å². The molecule has 8 heteroatoms. The Bertz CT molecular complexity index is 1090. The molecular formula is C21H16Cl2N4O2. The van der Waals surface area contributed by atoms with Crippen LogP contribution in [0.15, 0.2) is 61.2 Å². The summed E-state index contributed by atoms with van der Waals surface area (Å²) in [6.45, 7) is 1.85. The fraction of sp³-hybridized carbons (Fsp3) is 0.0476. The summed E-state index contributed by atoms with van der Waals surface area (Å²) in [5.74, 6) is -0.696. The SMILES string of the molecule is Cc1ccc(NC(=O)c2ccc(Cl)cc2Cl)cc1NC(=O)/C=C/c1cncnc1. The van der Waals surface area contributed by atoms with Gasteiger partial charge < -0.3 is 10.6 Å². The molecule has 2 amide bonds. The molecule has 0 aliphatic rings. The smallest absolute Gasteiger partial charge is 0.257 e. The van der Waals surface area contributed by atoms with Crippen LogP contribution >= 0.6 is 23.2 Å². The standard InChI is InChI=1S/C21H16Cl2N4O2/c1-13-2-5-16(26-21(29)17-6-4-15(22)8-18(17)23)9-19(13)27-20(28)7-3-14-10-24-12-25-11-14/h2-12H,1H3,(H,26,29)(H,27,28)/b7-3+. The van der Waals surface area contributed by atoms with Crippen molar-refractivity contribution in [2.24, 2.45) is 0 Å². The number of amides is 2. The Morgan fingerprint density at radius 3 is 2.48 bits per heavy atom. The first-order valence-electron chi connectivity index (χ1n) is 8.53. The lowest BCUT2D eigenvalue weighted by Gasteiger charge is -2.11. The van der Waals surface area contributed by atoms with Crippen LogP contribution in [-0.4, -0.2) is 21.8 Å². The quantitative estimate of drug-likeness (QED) is 0.562. The number of rotatable bonds is 5. The Labute approximate surface area is 177 Å². The highest BCUT2D eigenvalue weighted by Crippen LogP contribution is 2.24. The van der Waals surface area contributed by atoms with Gasteiger partial charge in [-0.3, -0.25) is 9.59 Å². The number of anilines is 2. The average Bonchev–Trinajstić information content (AvgIpc) is 2.69. The minimum atomic E-state index is -0.378. The lowest BCUT2D eigenvalue weighted by molar-refractivity contribution is -0.111. The molecule has 0 atom stereocenters. The van der Waals surface area contributed by atoms with Crippen LogP contribution in [0.3, 0.4) is 0 Å². The number of aryl methyl sites for hydroxylation is 1. The predicted octanol–water partition coefficient (Wildman–Crippen LogP) is 5.00. The summed E-state index contributed by atoms with van der Waals surface area (Å²) in [5, 5.41) is 6.26. The highest BCUT2D eigenvalue weighted by molar-refractivity contribution is 6.37. The summed E-state index contributed by atoms with van der Waals surface area (Å²) in [6.07, 6.45) is 7.60. The van der Waals surface area contributed by atoms with Gasteiger partial charge in [0.1, 0.15) is 6.33 Å². The second-order valence-electron chi connectivity index (χ2n) is 6.10. The first-order chi connectivity index (χ1) is 13.9. The lowest BCUT2D eigenvalue weighted by Crippen LogP contribution is -2.14. The van der Waals surface area contributed by atoms with E-state index in [1.807, 2.05) is 6.92 Å². The van der Waals surface area contributed by atoms with E-state index in [2.05, 4.69) is 20.6 Å². The molecular weight excluding hydrogens is 411 g/mol. The van der Waals surface area contributed by atoms with E-state index in [9.17, 15) is 9.59 Å². The number of hydrogen-bond acceptors (Lipinski definition) is 4. The molecule has 3 aromatic rings. The van der Waals surface area contributed by atoms with Gasteiger partial charge in [0.25, 0.3) is 5.91 Å². The number of halogens is 2. The van der Waals surface area contributed by atoms with Crippen LogP contribution in [-0.2, 0) is 4.79 Å². The zero-order valence-electron chi connectivity index (χ0n) is 15.3. The van der Waals surface area contributed by atoms with Gasteiger partial charge in [0.15, 0.2) is 0 Å². The van der Waals surface area contributed by atoms with Crippen LogP contribution < -0.4 is 10.6 Å². The van der Waals surface area contributed by atoms with Crippen LogP contribution in [0.1, 0.15) is 21.5 Å². The molecule has 1 aromatic heterocycles. The molecule has 2 aromatic carbocycles. The van der Waals surface area contributed by atoms with Crippen molar-refractivity contribution in [2.45, 2.75) is 6.92 Å². The van der Waals surface area contributed by atoms with Crippen molar-refractivity contribution in [3.8, 4) is 0 Å². The van der Waals surface area contributed by atoms with Gasteiger partial charge in [-0.15, -0.1) is 0 Å². The van der Waals surface area contributed by atoms with Gasteiger partial charge in [-0.1, -0.05) is 29.3 Å². The minimum absolute atomic E-state index is 0.255. The molecule has 3 rings (SSSR count). The van der Waals surface area contributed by atoms with Gasteiger partial charge >= 0.3 is 0 Å². The van der Waals surface area contributed by atoms with Gasteiger partial charge in [0.05, 0.1) is 10.6 Å². The number of nitrogens with zero attached hydrogens (tertiary/aromatic N) is 2. The highest BCUT2D eigenvalue weighted by Gasteiger charge is 2.12. The number of nitrogens with one attached hydrogen (secondary N) is 2. The second-order valence-corrected chi connectivity index (χ2v) is 6.95. The molecule has 0 spiro atoms. The normalized spacial score (nSPS) is 10.7. The number of hydrogen-bond donors (Lipinski definition) is 2. The summed E-state index contributed by atoms with van der Waals surface area (Å²) >= 11 is 11.9. The minimum Gasteiger partial charge on any atom is -0.322 e. The third-order valence-electron chi connectivity index (χ3n) is 3.94. The predicted molar refractivity (Wildman–Crippen MR) is 115 cm³/mol. The molecule has 0 unspecified atom stereocenters. The van der Waals surface area contributed by atoms with E-state index in [1.54, 1.807) is 48.8 Å². The molecule has 0 radical (unpaired) electrons. The molecule has 0 aliphatic carbocycles. The van der Waals surface area contributed by atoms with Crippen molar-refractivity contribution in [3.63, 3.8) is 0 Å². The molecule has 0 saturated heterocycles. The summed E-state index contributed by atoms with van der Waals surface area (Å²) in [5.41, 5.74) is 2.94. The topological polar surface area (TPSA) is 84.0 Å². The van der Waals surface area contributed by atoms with Crippen LogP contribution in [0, 0.1) is 6.92 Å². The Hall–Kier alpha value is -3.22. The monoisotopic (exact) mass is 426 g/mol. The van der Waals surface area contributed by atoms with Crippen molar-refractivity contribution in [1.29, 1.82) is 0 Å². The molecule has 1 heterocycles. The van der Waals surface area contributed by atoms with Gasteiger partial charge in [0.2, 0.25) is 5.91 Å². The van der Waals surface area contributed by atoms with Crippen LogP contribution in [0.2, 0.25) is 10.0 Å². The zero-order chi connectivity index (χ0) is 20.8. The maximum absolute atomic E-state index is 12.5. The molecule has 2 N–H and O–H groups in total. The molecule has 0 fully saturated rings. The molecule has 0 bridgehead atoms. The summed E-state index contributed by atoms with van der Waals surface area (Å²) in [7, 11) is 0. The van der Waals surface area contributed by atoms with E-state index in [4.69, 9.17) is 23.2 Å². The summed E-state index contributed by atoms with van der Waals surface area (Å²) in [6, 6.07) is 9.85. The number of carbonyl (C=O) groups is 2. The number of carbonyl (C=O) groups excluding carboxylic acids is 2. The highest BCUT2D eigenvalue weighted by atomic mass is 35.5. The first kappa shape index (κ1) is 20.5. The Morgan fingerprint density at radius 1 is 1.00 bits per heavy atom. The van der Waals surface area contributed by atoms with Crippen molar-refractivity contribution >= 4 is 52.5 Å². The first-order valence-corrected chi connectivity index (χ1v) is 9.29. The maximum atomic E-state index is 12.5. The average molecular weight is 427 g/mol. The van der Waals surface area contributed by atoms with Gasteiger partial charge in [-0.25, -0.2) is 9.97 Å². The van der Waals surface area contributed by atoms with E-state index >= 15 is 0 Å². The maximum Gasteiger partial charge on any atom is 0.257 e. The van der Waals surface area contributed by atoms with Crippen molar-refractivity contribution in [1.82, 2.24) is 9.97 Å². The second kappa shape index (κ2) is 9.32. The third-order valence-corrected chi connectivity index (χ3v) is 4.48. The third kappa shape index (κ3) is 5.63. The Kier molecular flexibility index (Phi) is 6.59. The van der Waals surface area contributed by atoms with E-state index in [1.165, 1.54) is 18.5 Å². The van der Waals surface area contributed by atoms with Crippen LogP contribution in [0.5, 0.6) is 0 Å². The fourth-order valence-corrected chi connectivity index (χ4v) is 2.94. The molecule has 0 aliphatic heterocycles. The summed E-state index contributed by atoms with van der Waals surface area (Å²) in [4.78, 5) is 32.5. The van der Waals surface area contributed by atoms with Gasteiger partial charge in [-0.2, -0.15) is 0 Å². The van der Waals surface area contributed by atoms with Crippen molar-refractivity contribution in [2.75, 3.05) is 10.6 Å². The Balaban J connectivity index is 1.71. The molecule has 29 heavy (non-hydrogen) atoms. The number of benzene rings is 2. The van der Waals surface area contributed by atoms with E-state index in [0.717, 1.165) is 5.56 Å².